The first-order chi connectivity index (χ1) is 21.1. The minimum atomic E-state index is -0.549. The Labute approximate surface area is 266 Å². The van der Waals surface area contributed by atoms with Gasteiger partial charge in [0.15, 0.2) is 0 Å². The maximum Gasteiger partial charge on any atom is 0.494 e. The van der Waals surface area contributed by atoms with Crippen LogP contribution in [0, 0.1) is 6.92 Å². The molecule has 6 rings (SSSR count). The molecule has 1 aromatic heterocycles. The number of fused-ring (bicyclic) bond motifs is 1. The summed E-state index contributed by atoms with van der Waals surface area (Å²) in [6.07, 6.45) is 3.92. The fourth-order valence-electron chi connectivity index (χ4n) is 5.89. The van der Waals surface area contributed by atoms with Crippen LogP contribution in [-0.2, 0) is 19.6 Å². The van der Waals surface area contributed by atoms with E-state index in [0.717, 1.165) is 46.8 Å². The van der Waals surface area contributed by atoms with Crippen LogP contribution in [-0.4, -0.2) is 65.0 Å². The molecule has 238 valence electrons. The van der Waals surface area contributed by atoms with E-state index in [1.54, 1.807) is 17.2 Å². The molecule has 2 aliphatic heterocycles. The number of carbonyl (C=O) groups is 2. The summed E-state index contributed by atoms with van der Waals surface area (Å²) in [6, 6.07) is 13.6. The van der Waals surface area contributed by atoms with Crippen LogP contribution in [0.1, 0.15) is 89.2 Å². The third-order valence-electron chi connectivity index (χ3n) is 9.55. The van der Waals surface area contributed by atoms with Gasteiger partial charge in [-0.2, -0.15) is 0 Å². The van der Waals surface area contributed by atoms with Crippen molar-refractivity contribution >= 4 is 35.5 Å². The smallest absolute Gasteiger partial charge is 0.491 e. The largest absolute Gasteiger partial charge is 0.494 e. The first kappa shape index (κ1) is 31.4. The Morgan fingerprint density at radius 2 is 1.78 bits per heavy atom. The van der Waals surface area contributed by atoms with Crippen molar-refractivity contribution in [3.63, 3.8) is 0 Å². The van der Waals surface area contributed by atoms with Gasteiger partial charge < -0.3 is 29.0 Å². The predicted molar refractivity (Wildman–Crippen MR) is 174 cm³/mol. The minimum Gasteiger partial charge on any atom is -0.491 e. The summed E-state index contributed by atoms with van der Waals surface area (Å²) in [4.78, 5) is 32.7. The second kappa shape index (κ2) is 11.0. The molecule has 3 fully saturated rings. The van der Waals surface area contributed by atoms with E-state index in [0.29, 0.717) is 24.5 Å². The van der Waals surface area contributed by atoms with Gasteiger partial charge in [0.05, 0.1) is 28.3 Å². The van der Waals surface area contributed by atoms with Gasteiger partial charge in [-0.1, -0.05) is 18.2 Å². The number of ether oxygens (including phenoxy) is 2. The van der Waals surface area contributed by atoms with Crippen LogP contribution >= 0.6 is 0 Å². The van der Waals surface area contributed by atoms with E-state index in [9.17, 15) is 9.59 Å². The van der Waals surface area contributed by atoms with Crippen LogP contribution in [0.4, 0.5) is 4.79 Å². The Morgan fingerprint density at radius 1 is 1.07 bits per heavy atom. The lowest BCUT2D eigenvalue weighted by Gasteiger charge is -2.41. The first-order valence-corrected chi connectivity index (χ1v) is 15.9. The quantitative estimate of drug-likeness (QED) is 0.344. The van der Waals surface area contributed by atoms with E-state index in [1.165, 1.54) is 0 Å². The van der Waals surface area contributed by atoms with E-state index in [2.05, 4.69) is 22.4 Å². The highest BCUT2D eigenvalue weighted by atomic mass is 16.7. The first-order valence-electron chi connectivity index (χ1n) is 15.9. The number of amides is 2. The average molecular weight is 614 g/mol. The molecule has 0 radical (unpaired) electrons. The molecular formula is C35H44BN3O6. The van der Waals surface area contributed by atoms with Gasteiger partial charge in [-0.3, -0.25) is 9.78 Å². The van der Waals surface area contributed by atoms with Crippen molar-refractivity contribution in [2.75, 3.05) is 13.2 Å². The van der Waals surface area contributed by atoms with Crippen LogP contribution in [0.15, 0.2) is 48.7 Å². The minimum absolute atomic E-state index is 0.0636. The van der Waals surface area contributed by atoms with Crippen molar-refractivity contribution in [3.05, 3.63) is 65.4 Å². The molecule has 0 unspecified atom stereocenters. The predicted octanol–water partition coefficient (Wildman–Crippen LogP) is 5.65. The van der Waals surface area contributed by atoms with Crippen molar-refractivity contribution in [1.29, 1.82) is 0 Å². The highest BCUT2D eigenvalue weighted by Crippen LogP contribution is 2.48. The Kier molecular flexibility index (Phi) is 7.68. The van der Waals surface area contributed by atoms with Crippen molar-refractivity contribution in [2.24, 2.45) is 0 Å². The Hall–Kier alpha value is -3.63. The molecule has 1 aliphatic carbocycles. The molecule has 2 amide bonds. The summed E-state index contributed by atoms with van der Waals surface area (Å²) in [6.45, 7) is 16.6. The molecule has 3 heterocycles. The molecule has 1 atom stereocenters. The number of aryl methyl sites for hydroxylation is 1. The Morgan fingerprint density at radius 3 is 2.40 bits per heavy atom. The summed E-state index contributed by atoms with van der Waals surface area (Å²) in [5, 5.41) is 4.37. The van der Waals surface area contributed by atoms with Gasteiger partial charge in [0, 0.05) is 23.7 Å². The maximum absolute atomic E-state index is 13.9. The third kappa shape index (κ3) is 6.14. The zero-order valence-electron chi connectivity index (χ0n) is 27.7. The number of aromatic nitrogens is 1. The zero-order chi connectivity index (χ0) is 32.4. The molecular weight excluding hydrogens is 569 g/mol. The molecule has 45 heavy (non-hydrogen) atoms. The lowest BCUT2D eigenvalue weighted by atomic mass is 9.76. The molecule has 0 spiro atoms. The summed E-state index contributed by atoms with van der Waals surface area (Å²) >= 11 is 0. The van der Waals surface area contributed by atoms with Crippen molar-refractivity contribution in [1.82, 2.24) is 15.2 Å². The summed E-state index contributed by atoms with van der Waals surface area (Å²) in [5.74, 6) is 0.427. The van der Waals surface area contributed by atoms with Crippen LogP contribution in [0.25, 0.3) is 10.9 Å². The van der Waals surface area contributed by atoms with Crippen molar-refractivity contribution in [3.8, 4) is 5.75 Å². The van der Waals surface area contributed by atoms with E-state index in [1.807, 2.05) is 79.7 Å². The highest BCUT2D eigenvalue weighted by Gasteiger charge is 2.53. The number of hydrogen-bond donors (Lipinski definition) is 1. The molecule has 2 saturated heterocycles. The summed E-state index contributed by atoms with van der Waals surface area (Å²) in [5.41, 5.74) is 2.13. The highest BCUT2D eigenvalue weighted by molar-refractivity contribution is 6.62. The normalized spacial score (nSPS) is 21.3. The van der Waals surface area contributed by atoms with Gasteiger partial charge in [0.1, 0.15) is 18.0 Å². The number of rotatable bonds is 7. The van der Waals surface area contributed by atoms with Crippen LogP contribution in [0.3, 0.4) is 0 Å². The lowest BCUT2D eigenvalue weighted by Crippen LogP contribution is -2.55. The van der Waals surface area contributed by atoms with Crippen LogP contribution < -0.4 is 15.5 Å². The number of carbonyl (C=O) groups excluding carboxylic acids is 2. The molecule has 0 bridgehead atoms. The topological polar surface area (TPSA) is 99.2 Å². The number of benzene rings is 2. The molecule has 1 N–H and O–H groups in total. The second-order valence-corrected chi connectivity index (χ2v) is 14.7. The molecule has 3 aromatic rings. The lowest BCUT2D eigenvalue weighted by molar-refractivity contribution is -0.0141. The molecule has 10 heteroatoms. The van der Waals surface area contributed by atoms with Gasteiger partial charge in [-0.25, -0.2) is 4.79 Å². The van der Waals surface area contributed by atoms with E-state index in [4.69, 9.17) is 18.8 Å². The number of nitrogens with one attached hydrogen (secondary N) is 1. The SMILES string of the molecule is Cc1ccc(OC[C@@H]2CCN2C(=O)OC(C)(C)C)cc1C(=O)NC1(c2cc(B3OC(C)(C)C(C)(C)O3)cc3ncccc23)CC1. The number of hydrogen-bond acceptors (Lipinski definition) is 7. The Bertz CT molecular complexity index is 1630. The summed E-state index contributed by atoms with van der Waals surface area (Å²) in [7, 11) is -0.537. The average Bonchev–Trinajstić information content (AvgIpc) is 3.66. The Balaban J connectivity index is 1.20. The number of pyridine rings is 1. The molecule has 3 aliphatic rings. The second-order valence-electron chi connectivity index (χ2n) is 14.7. The van der Waals surface area contributed by atoms with Gasteiger partial charge in [0.25, 0.3) is 5.91 Å². The van der Waals surface area contributed by atoms with Gasteiger partial charge in [0.2, 0.25) is 0 Å². The molecule has 2 aromatic carbocycles. The standard InChI is InChI=1S/C35H44BN3O6/c1-22-11-12-25(42-21-24-13-17-39(24)31(41)43-32(2,3)4)20-27(22)30(40)38-35(14-15-35)28-18-23(19-29-26(28)10-9-16-37-29)36-44-33(5,6)34(7,8)45-36/h9-12,16,18-20,24H,13-15,17,21H2,1-8H3,(H,38,40)/t24-/m0/s1. The van der Waals surface area contributed by atoms with E-state index in [-0.39, 0.29) is 18.0 Å². The van der Waals surface area contributed by atoms with Gasteiger partial charge in [-0.15, -0.1) is 0 Å². The van der Waals surface area contributed by atoms with Crippen molar-refractivity contribution < 1.29 is 28.4 Å². The fourth-order valence-corrected chi connectivity index (χ4v) is 5.89. The molecule has 1 saturated carbocycles. The monoisotopic (exact) mass is 613 g/mol. The number of nitrogens with zero attached hydrogens (tertiary/aromatic N) is 2. The fraction of sp³-hybridized carbons (Fsp3) is 0.514. The number of likely N-dealkylation sites (tertiary alicyclic amines) is 1. The van der Waals surface area contributed by atoms with Gasteiger partial charge in [-0.05, 0) is 116 Å². The maximum atomic E-state index is 13.9. The zero-order valence-corrected chi connectivity index (χ0v) is 27.7. The van der Waals surface area contributed by atoms with E-state index < -0.39 is 29.5 Å². The van der Waals surface area contributed by atoms with Gasteiger partial charge >= 0.3 is 13.2 Å². The van der Waals surface area contributed by atoms with Crippen molar-refractivity contribution in [2.45, 2.75) is 103 Å². The third-order valence-corrected chi connectivity index (χ3v) is 9.55. The van der Waals surface area contributed by atoms with E-state index >= 15 is 0 Å². The molecule has 9 nitrogen and oxygen atoms in total. The summed E-state index contributed by atoms with van der Waals surface area (Å²) < 4.78 is 24.4. The van der Waals surface area contributed by atoms with Crippen LogP contribution in [0.2, 0.25) is 0 Å². The van der Waals surface area contributed by atoms with Crippen LogP contribution in [0.5, 0.6) is 5.75 Å².